The maximum absolute atomic E-state index is 5.47. The number of thiazole rings is 1. The Morgan fingerprint density at radius 3 is 2.94 bits per heavy atom. The standard InChI is InChI=1S/C12H19N5S/c1-10-12(18-9-14-10)5-7-17-8-11(15-16-17)4-2-3-6-13/h8-9H,2-7,13H2,1H3. The number of aromatic nitrogens is 4. The topological polar surface area (TPSA) is 69.6 Å². The third kappa shape index (κ3) is 3.61. The zero-order chi connectivity index (χ0) is 12.8. The van der Waals surface area contributed by atoms with Gasteiger partial charge in [0, 0.05) is 24.0 Å². The van der Waals surface area contributed by atoms with Crippen LogP contribution in [0.2, 0.25) is 0 Å². The van der Waals surface area contributed by atoms with Crippen LogP contribution in [0.4, 0.5) is 0 Å². The van der Waals surface area contributed by atoms with Crippen molar-refractivity contribution in [2.24, 2.45) is 5.73 Å². The molecule has 0 atom stereocenters. The fourth-order valence-electron chi connectivity index (χ4n) is 1.80. The van der Waals surface area contributed by atoms with Crippen LogP contribution in [0.5, 0.6) is 0 Å². The molecule has 2 rings (SSSR count). The summed E-state index contributed by atoms with van der Waals surface area (Å²) in [5.41, 5.74) is 9.55. The Bertz CT molecular complexity index is 476. The minimum absolute atomic E-state index is 0.749. The summed E-state index contributed by atoms with van der Waals surface area (Å²) in [5.74, 6) is 0. The second kappa shape index (κ2) is 6.61. The van der Waals surface area contributed by atoms with Crippen LogP contribution in [0.25, 0.3) is 0 Å². The first-order chi connectivity index (χ1) is 8.79. The Labute approximate surface area is 111 Å². The zero-order valence-corrected chi connectivity index (χ0v) is 11.5. The lowest BCUT2D eigenvalue weighted by atomic mass is 10.2. The summed E-state index contributed by atoms with van der Waals surface area (Å²) in [6, 6.07) is 0. The van der Waals surface area contributed by atoms with Gasteiger partial charge in [0.05, 0.1) is 16.9 Å². The van der Waals surface area contributed by atoms with Gasteiger partial charge >= 0.3 is 0 Å². The molecule has 0 saturated carbocycles. The molecule has 0 amide bonds. The van der Waals surface area contributed by atoms with E-state index in [0.29, 0.717) is 0 Å². The van der Waals surface area contributed by atoms with Gasteiger partial charge in [0.15, 0.2) is 0 Å². The smallest absolute Gasteiger partial charge is 0.0827 e. The minimum atomic E-state index is 0.749. The van der Waals surface area contributed by atoms with Crippen LogP contribution in [-0.2, 0) is 19.4 Å². The van der Waals surface area contributed by atoms with Crippen molar-refractivity contribution in [3.63, 3.8) is 0 Å². The summed E-state index contributed by atoms with van der Waals surface area (Å²) in [7, 11) is 0. The van der Waals surface area contributed by atoms with Gasteiger partial charge in [-0.25, -0.2) is 4.98 Å². The van der Waals surface area contributed by atoms with Crippen LogP contribution in [0, 0.1) is 6.92 Å². The third-order valence-corrected chi connectivity index (χ3v) is 3.88. The molecule has 0 aliphatic carbocycles. The molecule has 5 nitrogen and oxygen atoms in total. The predicted molar refractivity (Wildman–Crippen MR) is 72.6 cm³/mol. The molecule has 2 aromatic rings. The minimum Gasteiger partial charge on any atom is -0.330 e. The first-order valence-electron chi connectivity index (χ1n) is 6.27. The van der Waals surface area contributed by atoms with Crippen molar-refractivity contribution in [2.45, 2.75) is 39.2 Å². The van der Waals surface area contributed by atoms with Crippen LogP contribution in [0.3, 0.4) is 0 Å². The molecule has 98 valence electrons. The van der Waals surface area contributed by atoms with Crippen molar-refractivity contribution in [2.75, 3.05) is 6.54 Å². The van der Waals surface area contributed by atoms with Gasteiger partial charge in [-0.1, -0.05) is 5.21 Å². The van der Waals surface area contributed by atoms with Crippen LogP contribution in [-0.4, -0.2) is 26.5 Å². The van der Waals surface area contributed by atoms with Gasteiger partial charge in [0.25, 0.3) is 0 Å². The van der Waals surface area contributed by atoms with Gasteiger partial charge in [-0.3, -0.25) is 4.68 Å². The van der Waals surface area contributed by atoms with Gasteiger partial charge in [0.2, 0.25) is 0 Å². The molecule has 2 aromatic heterocycles. The van der Waals surface area contributed by atoms with Crippen molar-refractivity contribution < 1.29 is 0 Å². The van der Waals surface area contributed by atoms with E-state index in [1.165, 1.54) is 4.88 Å². The normalized spacial score (nSPS) is 11.0. The Balaban J connectivity index is 1.81. The van der Waals surface area contributed by atoms with E-state index in [4.69, 9.17) is 5.73 Å². The van der Waals surface area contributed by atoms with E-state index in [2.05, 4.69) is 15.3 Å². The monoisotopic (exact) mass is 265 g/mol. The third-order valence-electron chi connectivity index (χ3n) is 2.89. The fourth-order valence-corrected chi connectivity index (χ4v) is 2.57. The molecule has 0 aliphatic rings. The second-order valence-electron chi connectivity index (χ2n) is 4.33. The van der Waals surface area contributed by atoms with Gasteiger partial charge in [-0.05, 0) is 32.7 Å². The van der Waals surface area contributed by atoms with E-state index >= 15 is 0 Å². The predicted octanol–water partition coefficient (Wildman–Crippen LogP) is 1.57. The van der Waals surface area contributed by atoms with Crippen molar-refractivity contribution in [3.8, 4) is 0 Å². The highest BCUT2D eigenvalue weighted by molar-refractivity contribution is 7.09. The highest BCUT2D eigenvalue weighted by Gasteiger charge is 2.04. The highest BCUT2D eigenvalue weighted by atomic mass is 32.1. The van der Waals surface area contributed by atoms with Crippen molar-refractivity contribution >= 4 is 11.3 Å². The maximum atomic E-state index is 5.47. The Hall–Kier alpha value is -1.27. The van der Waals surface area contributed by atoms with Crippen LogP contribution in [0.1, 0.15) is 29.1 Å². The second-order valence-corrected chi connectivity index (χ2v) is 5.27. The Morgan fingerprint density at radius 2 is 2.22 bits per heavy atom. The molecule has 0 spiro atoms. The molecular formula is C12H19N5S. The van der Waals surface area contributed by atoms with Gasteiger partial charge in [0.1, 0.15) is 0 Å². The first-order valence-corrected chi connectivity index (χ1v) is 7.15. The lowest BCUT2D eigenvalue weighted by Crippen LogP contribution is -2.02. The number of rotatable bonds is 7. The largest absolute Gasteiger partial charge is 0.330 e. The number of nitrogens with two attached hydrogens (primary N) is 1. The quantitative estimate of drug-likeness (QED) is 0.771. The zero-order valence-electron chi connectivity index (χ0n) is 10.7. The number of unbranched alkanes of at least 4 members (excludes halogenated alkanes) is 1. The molecule has 0 aliphatic heterocycles. The molecule has 2 heterocycles. The summed E-state index contributed by atoms with van der Waals surface area (Å²) in [5, 5.41) is 8.31. The summed E-state index contributed by atoms with van der Waals surface area (Å²) in [4.78, 5) is 5.57. The van der Waals surface area contributed by atoms with Gasteiger partial charge in [-0.2, -0.15) is 0 Å². The van der Waals surface area contributed by atoms with Crippen LogP contribution >= 0.6 is 11.3 Å². The molecule has 0 aromatic carbocycles. The van der Waals surface area contributed by atoms with E-state index < -0.39 is 0 Å². The Morgan fingerprint density at radius 1 is 1.33 bits per heavy atom. The number of hydrogen-bond donors (Lipinski definition) is 1. The average Bonchev–Trinajstić information content (AvgIpc) is 2.96. The average molecular weight is 265 g/mol. The lowest BCUT2D eigenvalue weighted by Gasteiger charge is -1.98. The van der Waals surface area contributed by atoms with E-state index in [0.717, 1.165) is 50.2 Å². The molecule has 0 saturated heterocycles. The SMILES string of the molecule is Cc1ncsc1CCn1cc(CCCCN)nn1. The molecule has 0 bridgehead atoms. The lowest BCUT2D eigenvalue weighted by molar-refractivity contribution is 0.590. The molecule has 2 N–H and O–H groups in total. The van der Waals surface area contributed by atoms with E-state index in [1.54, 1.807) is 11.3 Å². The van der Waals surface area contributed by atoms with E-state index in [-0.39, 0.29) is 0 Å². The molecule has 0 radical (unpaired) electrons. The van der Waals surface area contributed by atoms with E-state index in [9.17, 15) is 0 Å². The van der Waals surface area contributed by atoms with E-state index in [1.807, 2.05) is 23.3 Å². The summed E-state index contributed by atoms with van der Waals surface area (Å²) >= 11 is 1.71. The molecule has 18 heavy (non-hydrogen) atoms. The van der Waals surface area contributed by atoms with Gasteiger partial charge in [-0.15, -0.1) is 16.4 Å². The first kappa shape index (κ1) is 13.2. The summed E-state index contributed by atoms with van der Waals surface area (Å²) in [6.45, 7) is 3.66. The Kier molecular flexibility index (Phi) is 4.83. The summed E-state index contributed by atoms with van der Waals surface area (Å²) < 4.78 is 1.91. The fraction of sp³-hybridized carbons (Fsp3) is 0.583. The van der Waals surface area contributed by atoms with Crippen molar-refractivity contribution in [1.82, 2.24) is 20.0 Å². The molecule has 0 unspecified atom stereocenters. The van der Waals surface area contributed by atoms with Crippen molar-refractivity contribution in [3.05, 3.63) is 28.0 Å². The number of nitrogens with zero attached hydrogens (tertiary/aromatic N) is 4. The molecular weight excluding hydrogens is 246 g/mol. The van der Waals surface area contributed by atoms with Crippen molar-refractivity contribution in [1.29, 1.82) is 0 Å². The maximum Gasteiger partial charge on any atom is 0.0827 e. The molecule has 6 heteroatoms. The highest BCUT2D eigenvalue weighted by Crippen LogP contribution is 2.13. The van der Waals surface area contributed by atoms with Crippen LogP contribution in [0.15, 0.2) is 11.7 Å². The number of aryl methyl sites for hydroxylation is 4. The number of hydrogen-bond acceptors (Lipinski definition) is 5. The van der Waals surface area contributed by atoms with Gasteiger partial charge < -0.3 is 5.73 Å². The van der Waals surface area contributed by atoms with Crippen LogP contribution < -0.4 is 5.73 Å². The summed E-state index contributed by atoms with van der Waals surface area (Å²) in [6.07, 6.45) is 6.11. The molecule has 0 fully saturated rings.